The van der Waals surface area contributed by atoms with Gasteiger partial charge in [-0.05, 0) is 46.5 Å². The highest BCUT2D eigenvalue weighted by Crippen LogP contribution is 2.32. The summed E-state index contributed by atoms with van der Waals surface area (Å²) in [5.41, 5.74) is 5.65. The second-order valence-electron chi connectivity index (χ2n) is 10.4. The van der Waals surface area contributed by atoms with E-state index in [1.54, 1.807) is 4.90 Å². The van der Waals surface area contributed by atoms with Gasteiger partial charge in [-0.3, -0.25) is 19.2 Å². The summed E-state index contributed by atoms with van der Waals surface area (Å²) >= 11 is 0. The van der Waals surface area contributed by atoms with Crippen molar-refractivity contribution in [2.24, 2.45) is 11.1 Å². The van der Waals surface area contributed by atoms with Gasteiger partial charge in [-0.1, -0.05) is 30.3 Å². The summed E-state index contributed by atoms with van der Waals surface area (Å²) < 4.78 is 5.02. The van der Waals surface area contributed by atoms with Crippen LogP contribution in [-0.4, -0.2) is 90.2 Å². The molecular weight excluding hydrogens is 488 g/mol. The van der Waals surface area contributed by atoms with E-state index in [2.05, 4.69) is 10.3 Å². The molecule has 0 unspecified atom stereocenters. The molecule has 2 heterocycles. The third-order valence-corrected chi connectivity index (χ3v) is 6.50. The fourth-order valence-electron chi connectivity index (χ4n) is 4.87. The number of nitrogens with one attached hydrogen (secondary N) is 1. The number of hydrogen-bond donors (Lipinski definition) is 2. The second kappa shape index (κ2) is 11.6. The fourth-order valence-corrected chi connectivity index (χ4v) is 4.87. The van der Waals surface area contributed by atoms with Gasteiger partial charge < -0.3 is 30.5 Å². The van der Waals surface area contributed by atoms with Crippen molar-refractivity contribution in [3.63, 3.8) is 0 Å². The normalized spacial score (nSPS) is 17.8. The van der Waals surface area contributed by atoms with E-state index < -0.39 is 29.2 Å². The number of aromatic nitrogens is 1. The van der Waals surface area contributed by atoms with Crippen LogP contribution in [0.15, 0.2) is 42.6 Å². The zero-order valence-corrected chi connectivity index (χ0v) is 22.7. The molecule has 3 N–H and O–H groups in total. The quantitative estimate of drug-likeness (QED) is 0.524. The van der Waals surface area contributed by atoms with Gasteiger partial charge in [-0.15, -0.1) is 0 Å². The number of ether oxygens (including phenoxy) is 1. The van der Waals surface area contributed by atoms with Crippen LogP contribution in [0.25, 0.3) is 0 Å². The number of rotatable bonds is 7. The summed E-state index contributed by atoms with van der Waals surface area (Å²) in [5.74, 6) is -2.44. The maximum Gasteiger partial charge on any atom is 0.313 e. The molecule has 2 aromatic rings. The van der Waals surface area contributed by atoms with Crippen LogP contribution in [0.5, 0.6) is 5.88 Å². The molecule has 0 radical (unpaired) electrons. The molecule has 3 rings (SSSR count). The van der Waals surface area contributed by atoms with Crippen LogP contribution >= 0.6 is 0 Å². The molecule has 1 aliphatic heterocycles. The third-order valence-electron chi connectivity index (χ3n) is 6.50. The maximum absolute atomic E-state index is 13.6. The Kier molecular flexibility index (Phi) is 8.72. The van der Waals surface area contributed by atoms with Crippen molar-refractivity contribution in [2.75, 3.05) is 46.2 Å². The van der Waals surface area contributed by atoms with E-state index in [1.165, 1.54) is 24.3 Å². The van der Waals surface area contributed by atoms with Crippen molar-refractivity contribution in [3.05, 3.63) is 53.7 Å². The topological polar surface area (TPSA) is 138 Å². The number of amides is 4. The number of anilines is 1. The Morgan fingerprint density at radius 3 is 2.37 bits per heavy atom. The summed E-state index contributed by atoms with van der Waals surface area (Å²) in [4.78, 5) is 61.1. The first-order valence-corrected chi connectivity index (χ1v) is 12.3. The van der Waals surface area contributed by atoms with Gasteiger partial charge in [0.1, 0.15) is 5.56 Å². The SMILES string of the molecule is COc1ncc(NC(=O)C(=O)N2C[C@@H](C)N(C(=O)C(C)(C)CN(C)C)C[C@@H]2c2ccccc2)cc1C(N)=O. The Labute approximate surface area is 222 Å². The molecule has 204 valence electrons. The Bertz CT molecular complexity index is 1200. The maximum atomic E-state index is 13.6. The number of piperazine rings is 1. The van der Waals surface area contributed by atoms with Gasteiger partial charge in [0.2, 0.25) is 11.8 Å². The van der Waals surface area contributed by atoms with Crippen molar-refractivity contribution < 1.29 is 23.9 Å². The van der Waals surface area contributed by atoms with E-state index in [1.807, 2.05) is 70.1 Å². The van der Waals surface area contributed by atoms with Gasteiger partial charge in [0.15, 0.2) is 0 Å². The first-order chi connectivity index (χ1) is 17.9. The molecule has 1 aromatic heterocycles. The number of hydrogen-bond acceptors (Lipinski definition) is 7. The van der Waals surface area contributed by atoms with Crippen LogP contribution in [0.1, 0.15) is 42.7 Å². The molecule has 1 fully saturated rings. The van der Waals surface area contributed by atoms with E-state index >= 15 is 0 Å². The standard InChI is InChI=1S/C27H36N6O5/c1-17-14-33(25(36)23(35)30-19-12-20(22(28)34)24(38-6)29-13-19)21(18-10-8-7-9-11-18)15-32(17)26(37)27(2,3)16-31(4)5/h7-13,17,21H,14-16H2,1-6H3,(H2,28,34)(H,30,35)/t17-,21-/m1/s1. The third kappa shape index (κ3) is 6.28. The predicted octanol–water partition coefficient (Wildman–Crippen LogP) is 1.52. The molecule has 11 nitrogen and oxygen atoms in total. The highest BCUT2D eigenvalue weighted by atomic mass is 16.5. The number of methoxy groups -OCH3 is 1. The molecule has 11 heteroatoms. The van der Waals surface area contributed by atoms with Gasteiger partial charge in [-0.25, -0.2) is 4.98 Å². The second-order valence-corrected chi connectivity index (χ2v) is 10.4. The fraction of sp³-hybridized carbons (Fsp3) is 0.444. The average molecular weight is 525 g/mol. The lowest BCUT2D eigenvalue weighted by Crippen LogP contribution is -2.61. The molecule has 1 aromatic carbocycles. The summed E-state index contributed by atoms with van der Waals surface area (Å²) in [7, 11) is 5.18. The minimum atomic E-state index is -0.895. The van der Waals surface area contributed by atoms with Gasteiger partial charge in [0, 0.05) is 25.7 Å². The molecule has 2 atom stereocenters. The zero-order chi connectivity index (χ0) is 28.2. The predicted molar refractivity (Wildman–Crippen MR) is 142 cm³/mol. The van der Waals surface area contributed by atoms with E-state index in [9.17, 15) is 19.2 Å². The monoisotopic (exact) mass is 524 g/mol. The first-order valence-electron chi connectivity index (χ1n) is 12.3. The van der Waals surface area contributed by atoms with Crippen LogP contribution in [0, 0.1) is 5.41 Å². The summed E-state index contributed by atoms with van der Waals surface area (Å²) in [6, 6.07) is 9.78. The van der Waals surface area contributed by atoms with E-state index in [-0.39, 0.29) is 42.2 Å². The highest BCUT2D eigenvalue weighted by Gasteiger charge is 2.43. The number of carbonyl (C=O) groups is 4. The van der Waals surface area contributed by atoms with E-state index in [0.717, 1.165) is 5.56 Å². The van der Waals surface area contributed by atoms with Crippen molar-refractivity contribution in [1.29, 1.82) is 0 Å². The van der Waals surface area contributed by atoms with E-state index in [4.69, 9.17) is 10.5 Å². The average Bonchev–Trinajstić information content (AvgIpc) is 2.87. The lowest BCUT2D eigenvalue weighted by atomic mass is 9.88. The first kappa shape index (κ1) is 28.6. The van der Waals surface area contributed by atoms with Crippen LogP contribution in [0.2, 0.25) is 0 Å². The molecule has 4 amide bonds. The molecule has 0 bridgehead atoms. The number of carbonyl (C=O) groups excluding carboxylic acids is 4. The summed E-state index contributed by atoms with van der Waals surface area (Å²) in [5, 5.41) is 2.51. The number of benzene rings is 1. The Morgan fingerprint density at radius 1 is 1.13 bits per heavy atom. The molecule has 1 saturated heterocycles. The van der Waals surface area contributed by atoms with Gasteiger partial charge in [0.25, 0.3) is 5.91 Å². The molecule has 0 spiro atoms. The largest absolute Gasteiger partial charge is 0.480 e. The van der Waals surface area contributed by atoms with E-state index in [0.29, 0.717) is 6.54 Å². The molecule has 38 heavy (non-hydrogen) atoms. The number of pyridine rings is 1. The Morgan fingerprint density at radius 2 is 1.79 bits per heavy atom. The zero-order valence-electron chi connectivity index (χ0n) is 22.7. The minimum Gasteiger partial charge on any atom is -0.480 e. The van der Waals surface area contributed by atoms with Crippen molar-refractivity contribution in [3.8, 4) is 5.88 Å². The van der Waals surface area contributed by atoms with Crippen molar-refractivity contribution in [2.45, 2.75) is 32.9 Å². The van der Waals surface area contributed by atoms with Gasteiger partial charge in [-0.2, -0.15) is 0 Å². The smallest absolute Gasteiger partial charge is 0.313 e. The number of nitrogens with zero attached hydrogens (tertiary/aromatic N) is 4. The molecule has 0 aliphatic carbocycles. The van der Waals surface area contributed by atoms with Crippen molar-refractivity contribution in [1.82, 2.24) is 19.7 Å². The Balaban J connectivity index is 1.88. The van der Waals surface area contributed by atoms with Crippen LogP contribution in [-0.2, 0) is 14.4 Å². The summed E-state index contributed by atoms with van der Waals surface area (Å²) in [6.07, 6.45) is 1.27. The minimum absolute atomic E-state index is 0.0118. The van der Waals surface area contributed by atoms with Crippen molar-refractivity contribution >= 4 is 29.3 Å². The lowest BCUT2D eigenvalue weighted by Gasteiger charge is -2.47. The number of primary amides is 1. The lowest BCUT2D eigenvalue weighted by molar-refractivity contribution is -0.155. The molecule has 1 aliphatic rings. The highest BCUT2D eigenvalue weighted by molar-refractivity contribution is 6.39. The van der Waals surface area contributed by atoms with Crippen LogP contribution in [0.4, 0.5) is 5.69 Å². The van der Waals surface area contributed by atoms with Crippen LogP contribution < -0.4 is 15.8 Å². The van der Waals surface area contributed by atoms with Gasteiger partial charge >= 0.3 is 11.8 Å². The summed E-state index contributed by atoms with van der Waals surface area (Å²) in [6.45, 7) is 6.68. The van der Waals surface area contributed by atoms with Gasteiger partial charge in [0.05, 0.1) is 30.5 Å². The Hall–Kier alpha value is -3.99. The van der Waals surface area contributed by atoms with Crippen LogP contribution in [0.3, 0.4) is 0 Å². The molecular formula is C27H36N6O5. The number of nitrogens with two attached hydrogens (primary N) is 1. The molecule has 0 saturated carbocycles.